The number of amides is 1. The Kier molecular flexibility index (Phi) is 3.21. The Morgan fingerprint density at radius 2 is 2.21 bits per heavy atom. The van der Waals surface area contributed by atoms with Crippen molar-refractivity contribution in [3.63, 3.8) is 0 Å². The van der Waals surface area contributed by atoms with Crippen LogP contribution in [0.25, 0.3) is 0 Å². The summed E-state index contributed by atoms with van der Waals surface area (Å²) in [5.41, 5.74) is 11.3. The van der Waals surface area contributed by atoms with Gasteiger partial charge in [0.05, 0.1) is 0 Å². The molecule has 3 nitrogen and oxygen atoms in total. The molecule has 0 heterocycles. The zero-order valence-electron chi connectivity index (χ0n) is 7.38. The lowest BCUT2D eigenvalue weighted by Gasteiger charge is -2.00. The molecule has 4 heteroatoms. The highest BCUT2D eigenvalue weighted by Crippen LogP contribution is 2.09. The van der Waals surface area contributed by atoms with Crippen LogP contribution in [-0.2, 0) is 11.3 Å². The Hall–Kier alpha value is -1.86. The Balaban J connectivity index is 3.10. The number of rotatable bonds is 1. The molecule has 4 N–H and O–H groups in total. The van der Waals surface area contributed by atoms with E-state index in [-0.39, 0.29) is 12.4 Å². The van der Waals surface area contributed by atoms with Gasteiger partial charge in [0, 0.05) is 12.1 Å². The summed E-state index contributed by atoms with van der Waals surface area (Å²) >= 11 is 0. The van der Waals surface area contributed by atoms with Gasteiger partial charge in [-0.05, 0) is 29.7 Å². The van der Waals surface area contributed by atoms with Crippen LogP contribution in [0.15, 0.2) is 18.2 Å². The van der Waals surface area contributed by atoms with E-state index in [1.54, 1.807) is 0 Å². The lowest BCUT2D eigenvalue weighted by molar-refractivity contribution is -0.112. The summed E-state index contributed by atoms with van der Waals surface area (Å²) in [4.78, 5) is 10.4. The van der Waals surface area contributed by atoms with Crippen LogP contribution in [0.3, 0.4) is 0 Å². The van der Waals surface area contributed by atoms with Crippen molar-refractivity contribution in [3.8, 4) is 11.8 Å². The van der Waals surface area contributed by atoms with Crippen LogP contribution in [0.1, 0.15) is 11.1 Å². The van der Waals surface area contributed by atoms with Gasteiger partial charge in [-0.2, -0.15) is 0 Å². The molecule has 0 saturated carbocycles. The van der Waals surface area contributed by atoms with Crippen molar-refractivity contribution in [3.05, 3.63) is 35.1 Å². The largest absolute Gasteiger partial charge is 0.359 e. The van der Waals surface area contributed by atoms with Gasteiger partial charge < -0.3 is 11.5 Å². The number of hydrogen-bond acceptors (Lipinski definition) is 2. The quantitative estimate of drug-likeness (QED) is 0.620. The third-order valence-corrected chi connectivity index (χ3v) is 1.61. The Labute approximate surface area is 80.9 Å². The molecule has 0 radical (unpaired) electrons. The molecular weight excluding hydrogens is 183 g/mol. The maximum absolute atomic E-state index is 12.7. The molecule has 0 aliphatic carbocycles. The van der Waals surface area contributed by atoms with Crippen molar-refractivity contribution in [1.29, 1.82) is 0 Å². The van der Waals surface area contributed by atoms with Crippen molar-refractivity contribution in [2.75, 3.05) is 0 Å². The number of benzene rings is 1. The number of primary amides is 1. The van der Waals surface area contributed by atoms with Crippen molar-refractivity contribution < 1.29 is 9.18 Å². The van der Waals surface area contributed by atoms with Crippen molar-refractivity contribution in [2.24, 2.45) is 11.5 Å². The van der Waals surface area contributed by atoms with E-state index in [2.05, 4.69) is 11.8 Å². The van der Waals surface area contributed by atoms with E-state index in [1.165, 1.54) is 18.2 Å². The van der Waals surface area contributed by atoms with Crippen LogP contribution in [0, 0.1) is 17.7 Å². The minimum Gasteiger partial charge on any atom is -0.359 e. The molecule has 0 bridgehead atoms. The van der Waals surface area contributed by atoms with Gasteiger partial charge in [0.15, 0.2) is 0 Å². The number of carbonyl (C=O) groups is 1. The first kappa shape index (κ1) is 10.2. The molecule has 1 aromatic rings. The molecule has 1 aromatic carbocycles. The van der Waals surface area contributed by atoms with Gasteiger partial charge in [0.1, 0.15) is 5.82 Å². The van der Waals surface area contributed by atoms with Gasteiger partial charge in [-0.15, -0.1) is 0 Å². The lowest BCUT2D eigenvalue weighted by Crippen LogP contribution is -2.06. The first-order chi connectivity index (χ1) is 6.63. The van der Waals surface area contributed by atoms with E-state index in [0.717, 1.165) is 0 Å². The second-order valence-corrected chi connectivity index (χ2v) is 2.62. The molecule has 72 valence electrons. The van der Waals surface area contributed by atoms with Crippen molar-refractivity contribution in [1.82, 2.24) is 0 Å². The fourth-order valence-corrected chi connectivity index (χ4v) is 0.982. The molecule has 0 aromatic heterocycles. The maximum Gasteiger partial charge on any atom is 0.293 e. The summed E-state index contributed by atoms with van der Waals surface area (Å²) < 4.78 is 12.7. The van der Waals surface area contributed by atoms with Crippen LogP contribution in [0.2, 0.25) is 0 Å². The normalized spacial score (nSPS) is 9.00. The van der Waals surface area contributed by atoms with Gasteiger partial charge >= 0.3 is 0 Å². The summed E-state index contributed by atoms with van der Waals surface area (Å²) in [6.07, 6.45) is 0. The Morgan fingerprint density at radius 3 is 2.79 bits per heavy atom. The van der Waals surface area contributed by atoms with Crippen LogP contribution in [-0.4, -0.2) is 5.91 Å². The van der Waals surface area contributed by atoms with Gasteiger partial charge in [0.25, 0.3) is 5.91 Å². The van der Waals surface area contributed by atoms with Gasteiger partial charge in [-0.25, -0.2) is 4.39 Å². The fraction of sp³-hybridized carbons (Fsp3) is 0.100. The molecule has 0 saturated heterocycles. The van der Waals surface area contributed by atoms with Crippen LogP contribution >= 0.6 is 0 Å². The SMILES string of the molecule is NCc1cc(F)ccc1C#CC(N)=O. The highest BCUT2D eigenvalue weighted by molar-refractivity contribution is 5.92. The summed E-state index contributed by atoms with van der Waals surface area (Å²) in [7, 11) is 0. The number of halogens is 1. The molecule has 0 aliphatic heterocycles. The van der Waals surface area contributed by atoms with E-state index in [0.29, 0.717) is 11.1 Å². The number of hydrogen-bond donors (Lipinski definition) is 2. The highest BCUT2D eigenvalue weighted by atomic mass is 19.1. The summed E-state index contributed by atoms with van der Waals surface area (Å²) in [6.45, 7) is 0.167. The third kappa shape index (κ3) is 2.57. The van der Waals surface area contributed by atoms with Crippen molar-refractivity contribution >= 4 is 5.91 Å². The standard InChI is InChI=1S/C10H9FN2O/c11-9-3-1-7(2-4-10(13)14)8(5-9)6-12/h1,3,5H,6,12H2,(H2,13,14). The van der Waals surface area contributed by atoms with Gasteiger partial charge in [-0.1, -0.05) is 5.92 Å². The zero-order chi connectivity index (χ0) is 10.6. The second-order valence-electron chi connectivity index (χ2n) is 2.62. The fourth-order valence-electron chi connectivity index (χ4n) is 0.982. The Morgan fingerprint density at radius 1 is 1.50 bits per heavy atom. The van der Waals surface area contributed by atoms with Crippen molar-refractivity contribution in [2.45, 2.75) is 6.54 Å². The average molecular weight is 192 g/mol. The topological polar surface area (TPSA) is 69.1 Å². The summed E-state index contributed by atoms with van der Waals surface area (Å²) in [6, 6.07) is 4.00. The van der Waals surface area contributed by atoms with E-state index >= 15 is 0 Å². The molecule has 0 spiro atoms. The van der Waals surface area contributed by atoms with Crippen LogP contribution in [0.4, 0.5) is 4.39 Å². The maximum atomic E-state index is 12.7. The molecule has 0 unspecified atom stereocenters. The van der Waals surface area contributed by atoms with E-state index in [1.807, 2.05) is 0 Å². The first-order valence-electron chi connectivity index (χ1n) is 3.93. The first-order valence-corrected chi connectivity index (χ1v) is 3.93. The van der Waals surface area contributed by atoms with E-state index in [9.17, 15) is 9.18 Å². The highest BCUT2D eigenvalue weighted by Gasteiger charge is 1.99. The smallest absolute Gasteiger partial charge is 0.293 e. The predicted molar refractivity (Wildman–Crippen MR) is 50.4 cm³/mol. The van der Waals surface area contributed by atoms with Gasteiger partial charge in [0.2, 0.25) is 0 Å². The minimum atomic E-state index is -0.725. The molecule has 14 heavy (non-hydrogen) atoms. The van der Waals surface area contributed by atoms with E-state index < -0.39 is 5.91 Å². The monoisotopic (exact) mass is 192 g/mol. The third-order valence-electron chi connectivity index (χ3n) is 1.61. The van der Waals surface area contributed by atoms with Crippen LogP contribution < -0.4 is 11.5 Å². The molecule has 0 atom stereocenters. The number of nitrogens with two attached hydrogens (primary N) is 2. The molecule has 0 fully saturated rings. The van der Waals surface area contributed by atoms with Gasteiger partial charge in [-0.3, -0.25) is 4.79 Å². The summed E-state index contributed by atoms with van der Waals surface area (Å²) in [5.74, 6) is 3.58. The number of carbonyl (C=O) groups excluding carboxylic acids is 1. The van der Waals surface area contributed by atoms with E-state index in [4.69, 9.17) is 11.5 Å². The lowest BCUT2D eigenvalue weighted by atomic mass is 10.1. The predicted octanol–water partition coefficient (Wildman–Crippen LogP) is 0.121. The molecule has 0 aliphatic rings. The van der Waals surface area contributed by atoms with Crippen LogP contribution in [0.5, 0.6) is 0 Å². The summed E-state index contributed by atoms with van der Waals surface area (Å²) in [5, 5.41) is 0. The molecule has 1 amide bonds. The average Bonchev–Trinajstić information content (AvgIpc) is 2.15. The molecular formula is C10H9FN2O. The minimum absolute atomic E-state index is 0.167. The Bertz CT molecular complexity index is 418. The second kappa shape index (κ2) is 4.40. The molecule has 1 rings (SSSR count). The zero-order valence-corrected chi connectivity index (χ0v) is 7.38.